The van der Waals surface area contributed by atoms with Crippen molar-refractivity contribution in [3.8, 4) is 0 Å². The van der Waals surface area contributed by atoms with Gasteiger partial charge in [0.25, 0.3) is 0 Å². The van der Waals surface area contributed by atoms with Crippen LogP contribution in [-0.4, -0.2) is 13.1 Å². The zero-order valence-corrected chi connectivity index (χ0v) is 10.7. The topological polar surface area (TPSA) is 12.0 Å². The van der Waals surface area contributed by atoms with Crippen molar-refractivity contribution in [2.24, 2.45) is 0 Å². The predicted octanol–water partition coefficient (Wildman–Crippen LogP) is 3.71. The second-order valence-corrected chi connectivity index (χ2v) is 5.43. The van der Waals surface area contributed by atoms with E-state index in [4.69, 9.17) is 11.6 Å². The maximum absolute atomic E-state index is 5.92. The second kappa shape index (κ2) is 6.02. The fourth-order valence-electron chi connectivity index (χ4n) is 1.03. The fourth-order valence-corrected chi connectivity index (χ4v) is 2.82. The van der Waals surface area contributed by atoms with Crippen LogP contribution in [0.1, 0.15) is 18.2 Å². The normalized spacial score (nSPS) is 10.7. The van der Waals surface area contributed by atoms with Crippen molar-refractivity contribution in [2.75, 3.05) is 13.1 Å². The molecule has 0 bridgehead atoms. The molecule has 1 N–H and O–H groups in total. The average Bonchev–Trinajstić information content (AvgIpc) is 2.41. The van der Waals surface area contributed by atoms with Gasteiger partial charge in [-0.05, 0) is 47.9 Å². The summed E-state index contributed by atoms with van der Waals surface area (Å²) in [4.78, 5) is 1.33. The van der Waals surface area contributed by atoms with E-state index < -0.39 is 0 Å². The van der Waals surface area contributed by atoms with Crippen LogP contribution in [0.25, 0.3) is 0 Å². The Kier molecular flexibility index (Phi) is 5.32. The van der Waals surface area contributed by atoms with E-state index in [0.717, 1.165) is 28.3 Å². The Morgan fingerprint density at radius 3 is 2.85 bits per heavy atom. The van der Waals surface area contributed by atoms with Gasteiger partial charge in [-0.3, -0.25) is 0 Å². The molecule has 0 aliphatic carbocycles. The van der Waals surface area contributed by atoms with Crippen LogP contribution in [0.5, 0.6) is 0 Å². The first-order valence-electron chi connectivity index (χ1n) is 4.38. The van der Waals surface area contributed by atoms with Crippen LogP contribution in [0.15, 0.2) is 10.5 Å². The highest BCUT2D eigenvalue weighted by molar-refractivity contribution is 9.10. The van der Waals surface area contributed by atoms with Gasteiger partial charge >= 0.3 is 0 Å². The molecule has 0 saturated heterocycles. The van der Waals surface area contributed by atoms with Gasteiger partial charge in [0.1, 0.15) is 4.34 Å². The minimum Gasteiger partial charge on any atom is -0.316 e. The van der Waals surface area contributed by atoms with E-state index >= 15 is 0 Å². The summed E-state index contributed by atoms with van der Waals surface area (Å²) >= 11 is 11.0. The van der Waals surface area contributed by atoms with E-state index in [1.165, 1.54) is 11.3 Å². The molecule has 0 amide bonds. The molecule has 0 aliphatic rings. The smallest absolute Gasteiger partial charge is 0.107 e. The molecule has 1 nitrogen and oxygen atoms in total. The molecular weight excluding hydrogens is 270 g/mol. The summed E-state index contributed by atoms with van der Waals surface area (Å²) in [7, 11) is 0. The third-order valence-electron chi connectivity index (χ3n) is 1.67. The molecule has 1 heterocycles. The van der Waals surface area contributed by atoms with Gasteiger partial charge in [-0.2, -0.15) is 0 Å². The minimum absolute atomic E-state index is 0.852. The SMILES string of the molecule is CCCNCCc1cc(Br)c(Cl)s1. The molecule has 1 aromatic rings. The van der Waals surface area contributed by atoms with Crippen LogP contribution in [0.4, 0.5) is 0 Å². The Balaban J connectivity index is 2.29. The summed E-state index contributed by atoms with van der Waals surface area (Å²) in [6.07, 6.45) is 2.25. The lowest BCUT2D eigenvalue weighted by molar-refractivity contribution is 0.674. The Hall–Kier alpha value is 0.430. The molecule has 4 heteroatoms. The third-order valence-corrected chi connectivity index (χ3v) is 4.21. The number of halogens is 2. The highest BCUT2D eigenvalue weighted by atomic mass is 79.9. The minimum atomic E-state index is 0.852. The first-order valence-corrected chi connectivity index (χ1v) is 6.37. The van der Waals surface area contributed by atoms with Gasteiger partial charge < -0.3 is 5.32 Å². The Bertz CT molecular complexity index is 243. The average molecular weight is 283 g/mol. The van der Waals surface area contributed by atoms with Crippen molar-refractivity contribution in [1.82, 2.24) is 5.32 Å². The molecule has 0 saturated carbocycles. The van der Waals surface area contributed by atoms with Crippen LogP contribution in [0, 0.1) is 0 Å². The summed E-state index contributed by atoms with van der Waals surface area (Å²) < 4.78 is 1.87. The van der Waals surface area contributed by atoms with E-state index in [-0.39, 0.29) is 0 Å². The summed E-state index contributed by atoms with van der Waals surface area (Å²) in [6, 6.07) is 2.10. The van der Waals surface area contributed by atoms with Crippen molar-refractivity contribution in [2.45, 2.75) is 19.8 Å². The van der Waals surface area contributed by atoms with Gasteiger partial charge in [-0.15, -0.1) is 11.3 Å². The molecule has 0 atom stereocenters. The van der Waals surface area contributed by atoms with Crippen molar-refractivity contribution in [1.29, 1.82) is 0 Å². The van der Waals surface area contributed by atoms with Crippen LogP contribution >= 0.6 is 38.9 Å². The van der Waals surface area contributed by atoms with Crippen LogP contribution < -0.4 is 5.32 Å². The largest absolute Gasteiger partial charge is 0.316 e. The quantitative estimate of drug-likeness (QED) is 0.812. The summed E-state index contributed by atoms with van der Waals surface area (Å²) in [6.45, 7) is 4.31. The molecule has 0 aliphatic heterocycles. The zero-order chi connectivity index (χ0) is 9.68. The van der Waals surface area contributed by atoms with Crippen molar-refractivity contribution >= 4 is 38.9 Å². The van der Waals surface area contributed by atoms with Crippen LogP contribution in [-0.2, 0) is 6.42 Å². The number of nitrogens with one attached hydrogen (secondary N) is 1. The Morgan fingerprint density at radius 2 is 2.31 bits per heavy atom. The van der Waals surface area contributed by atoms with Gasteiger partial charge in [-0.25, -0.2) is 0 Å². The van der Waals surface area contributed by atoms with Gasteiger partial charge in [0.15, 0.2) is 0 Å². The van der Waals surface area contributed by atoms with Crippen LogP contribution in [0.2, 0.25) is 4.34 Å². The van der Waals surface area contributed by atoms with E-state index in [0.29, 0.717) is 0 Å². The van der Waals surface area contributed by atoms with E-state index in [1.54, 1.807) is 11.3 Å². The van der Waals surface area contributed by atoms with Crippen molar-refractivity contribution < 1.29 is 0 Å². The fraction of sp³-hybridized carbons (Fsp3) is 0.556. The summed E-state index contributed by atoms with van der Waals surface area (Å²) in [5.74, 6) is 0. The number of hydrogen-bond acceptors (Lipinski definition) is 2. The molecule has 0 spiro atoms. The van der Waals surface area contributed by atoms with Gasteiger partial charge in [0.05, 0.1) is 0 Å². The number of hydrogen-bond donors (Lipinski definition) is 1. The highest BCUT2D eigenvalue weighted by Crippen LogP contribution is 2.31. The van der Waals surface area contributed by atoms with Gasteiger partial charge in [0.2, 0.25) is 0 Å². The Morgan fingerprint density at radius 1 is 1.54 bits per heavy atom. The molecule has 0 unspecified atom stereocenters. The molecule has 1 aromatic heterocycles. The predicted molar refractivity (Wildman–Crippen MR) is 63.9 cm³/mol. The van der Waals surface area contributed by atoms with E-state index in [1.807, 2.05) is 0 Å². The van der Waals surface area contributed by atoms with Gasteiger partial charge in [-0.1, -0.05) is 18.5 Å². The molecule has 0 radical (unpaired) electrons. The summed E-state index contributed by atoms with van der Waals surface area (Å²) in [5.41, 5.74) is 0. The molecular formula is C9H13BrClNS. The Labute approximate surface area is 96.6 Å². The first-order chi connectivity index (χ1) is 6.24. The maximum Gasteiger partial charge on any atom is 0.107 e. The number of rotatable bonds is 5. The van der Waals surface area contributed by atoms with E-state index in [9.17, 15) is 0 Å². The van der Waals surface area contributed by atoms with Crippen LogP contribution in [0.3, 0.4) is 0 Å². The zero-order valence-electron chi connectivity index (χ0n) is 7.57. The van der Waals surface area contributed by atoms with E-state index in [2.05, 4.69) is 34.2 Å². The lowest BCUT2D eigenvalue weighted by Gasteiger charge is -1.99. The lowest BCUT2D eigenvalue weighted by Crippen LogP contribution is -2.17. The molecule has 1 rings (SSSR count). The highest BCUT2D eigenvalue weighted by Gasteiger charge is 2.03. The molecule has 74 valence electrons. The first kappa shape index (κ1) is 11.5. The monoisotopic (exact) mass is 281 g/mol. The molecule has 0 aromatic carbocycles. The van der Waals surface area contributed by atoms with Crippen molar-refractivity contribution in [3.63, 3.8) is 0 Å². The second-order valence-electron chi connectivity index (χ2n) is 2.83. The maximum atomic E-state index is 5.92. The third kappa shape index (κ3) is 3.98. The standard InChI is InChI=1S/C9H13BrClNS/c1-2-4-12-5-3-7-6-8(10)9(11)13-7/h6,12H,2-5H2,1H3. The summed E-state index contributed by atoms with van der Waals surface area (Å²) in [5, 5.41) is 3.36. The lowest BCUT2D eigenvalue weighted by atomic mass is 10.3. The van der Waals surface area contributed by atoms with Gasteiger partial charge in [0, 0.05) is 9.35 Å². The molecule has 0 fully saturated rings. The molecule has 13 heavy (non-hydrogen) atoms. The number of thiophene rings is 1. The van der Waals surface area contributed by atoms with Crippen molar-refractivity contribution in [3.05, 3.63) is 19.8 Å².